The molecule has 0 aliphatic heterocycles. The lowest BCUT2D eigenvalue weighted by Crippen LogP contribution is -2.47. The van der Waals surface area contributed by atoms with Crippen LogP contribution in [-0.2, 0) is 11.3 Å². The zero-order valence-corrected chi connectivity index (χ0v) is 21.1. The van der Waals surface area contributed by atoms with Gasteiger partial charge >= 0.3 is 0 Å². The van der Waals surface area contributed by atoms with Gasteiger partial charge in [0.05, 0.1) is 33.2 Å². The molecule has 1 fully saturated rings. The standard InChI is InChI=1S/C25H29ClN6O2S/c1-28-14-18(12-27)30-24(33)21(10-16-4-2-3-5-16)31-25(34)23-7-6-19(35-23)15-32-9-8-20-22(32)11-17(26)13-29-20/h6-9,11-14,16,21H,2-5,10,15,27H2,1H3,(H,30,33)(H,31,34)/b18-12+,28-14?. The van der Waals surface area contributed by atoms with E-state index in [4.69, 9.17) is 17.3 Å². The summed E-state index contributed by atoms with van der Waals surface area (Å²) in [6.07, 6.45) is 11.4. The molecule has 8 nitrogen and oxygen atoms in total. The zero-order valence-electron chi connectivity index (χ0n) is 19.5. The number of nitrogens with one attached hydrogen (secondary N) is 2. The first-order valence-electron chi connectivity index (χ1n) is 11.6. The number of halogens is 1. The number of carbonyl (C=O) groups excluding carboxylic acids is 2. The van der Waals surface area contributed by atoms with Crippen LogP contribution in [0, 0.1) is 5.92 Å². The van der Waals surface area contributed by atoms with Gasteiger partial charge in [-0.2, -0.15) is 0 Å². The number of nitrogens with zero attached hydrogens (tertiary/aromatic N) is 3. The molecule has 184 valence electrons. The number of aliphatic imine (C=N–C) groups is 1. The van der Waals surface area contributed by atoms with Crippen LogP contribution in [0.5, 0.6) is 0 Å². The van der Waals surface area contributed by atoms with Crippen molar-refractivity contribution in [2.75, 3.05) is 7.05 Å². The summed E-state index contributed by atoms with van der Waals surface area (Å²) in [6.45, 7) is 0.594. The maximum Gasteiger partial charge on any atom is 0.262 e. The maximum atomic E-state index is 13.1. The third-order valence-corrected chi connectivity index (χ3v) is 7.45. The van der Waals surface area contributed by atoms with Gasteiger partial charge in [0.15, 0.2) is 0 Å². The van der Waals surface area contributed by atoms with Crippen LogP contribution in [0.25, 0.3) is 11.0 Å². The Morgan fingerprint density at radius 3 is 2.89 bits per heavy atom. The van der Waals surface area contributed by atoms with Crippen molar-refractivity contribution in [3.63, 3.8) is 0 Å². The van der Waals surface area contributed by atoms with Crippen molar-refractivity contribution in [1.82, 2.24) is 20.2 Å². The summed E-state index contributed by atoms with van der Waals surface area (Å²) in [5.74, 6) is -0.136. The number of allylic oxidation sites excluding steroid dienone is 1. The summed E-state index contributed by atoms with van der Waals surface area (Å²) in [6, 6.07) is 6.89. The minimum absolute atomic E-state index is 0.260. The highest BCUT2D eigenvalue weighted by atomic mass is 35.5. The van der Waals surface area contributed by atoms with Crippen molar-refractivity contribution >= 4 is 52.0 Å². The van der Waals surface area contributed by atoms with Gasteiger partial charge < -0.3 is 20.9 Å². The Hall–Kier alpha value is -3.17. The average Bonchev–Trinajstić information content (AvgIpc) is 3.60. The number of aromatic nitrogens is 2. The molecule has 0 radical (unpaired) electrons. The van der Waals surface area contributed by atoms with E-state index in [2.05, 4.69) is 20.6 Å². The number of fused-ring (bicyclic) bond motifs is 1. The van der Waals surface area contributed by atoms with E-state index in [-0.39, 0.29) is 11.8 Å². The summed E-state index contributed by atoms with van der Waals surface area (Å²) in [5, 5.41) is 6.30. The van der Waals surface area contributed by atoms with E-state index in [9.17, 15) is 9.59 Å². The second-order valence-corrected chi connectivity index (χ2v) is 10.3. The molecule has 2 amide bonds. The van der Waals surface area contributed by atoms with Gasteiger partial charge in [0.1, 0.15) is 6.04 Å². The van der Waals surface area contributed by atoms with E-state index in [0.717, 1.165) is 41.6 Å². The number of hydrogen-bond donors (Lipinski definition) is 3. The lowest BCUT2D eigenvalue weighted by atomic mass is 9.97. The zero-order chi connectivity index (χ0) is 24.8. The molecule has 35 heavy (non-hydrogen) atoms. The predicted octanol–water partition coefficient (Wildman–Crippen LogP) is 4.10. The van der Waals surface area contributed by atoms with E-state index in [1.165, 1.54) is 23.8 Å². The predicted molar refractivity (Wildman–Crippen MR) is 141 cm³/mol. The van der Waals surface area contributed by atoms with E-state index in [1.807, 2.05) is 29.0 Å². The minimum atomic E-state index is -0.655. The molecule has 3 aromatic rings. The second-order valence-electron chi connectivity index (χ2n) is 8.68. The third kappa shape index (κ3) is 6.29. The lowest BCUT2D eigenvalue weighted by molar-refractivity contribution is -0.122. The number of rotatable bonds is 9. The third-order valence-electron chi connectivity index (χ3n) is 6.18. The van der Waals surface area contributed by atoms with Crippen LogP contribution in [0.15, 0.2) is 53.5 Å². The smallest absolute Gasteiger partial charge is 0.262 e. The molecule has 0 saturated heterocycles. The fourth-order valence-electron chi connectivity index (χ4n) is 4.45. The first kappa shape index (κ1) is 24.9. The molecule has 1 aliphatic rings. The van der Waals surface area contributed by atoms with Gasteiger partial charge in [0.25, 0.3) is 5.91 Å². The molecule has 4 N–H and O–H groups in total. The lowest BCUT2D eigenvalue weighted by Gasteiger charge is -2.21. The molecule has 0 spiro atoms. The van der Waals surface area contributed by atoms with Crippen LogP contribution in [0.4, 0.5) is 0 Å². The van der Waals surface area contributed by atoms with Gasteiger partial charge in [-0.25, -0.2) is 0 Å². The Morgan fingerprint density at radius 1 is 1.34 bits per heavy atom. The van der Waals surface area contributed by atoms with Crippen LogP contribution in [0.3, 0.4) is 0 Å². The van der Waals surface area contributed by atoms with Crippen LogP contribution in [0.1, 0.15) is 46.7 Å². The van der Waals surface area contributed by atoms with Crippen molar-refractivity contribution in [1.29, 1.82) is 0 Å². The van der Waals surface area contributed by atoms with E-state index in [0.29, 0.717) is 34.5 Å². The molecule has 1 saturated carbocycles. The molecular weight excluding hydrogens is 484 g/mol. The number of amides is 2. The van der Waals surface area contributed by atoms with Gasteiger partial charge in [-0.1, -0.05) is 37.3 Å². The van der Waals surface area contributed by atoms with E-state index in [1.54, 1.807) is 19.3 Å². The monoisotopic (exact) mass is 512 g/mol. The number of pyridine rings is 1. The van der Waals surface area contributed by atoms with Crippen molar-refractivity contribution in [3.8, 4) is 0 Å². The van der Waals surface area contributed by atoms with Gasteiger partial charge in [-0.05, 0) is 36.6 Å². The Kier molecular flexibility index (Phi) is 8.20. The number of nitrogens with two attached hydrogens (primary N) is 1. The van der Waals surface area contributed by atoms with Crippen molar-refractivity contribution < 1.29 is 9.59 Å². The fourth-order valence-corrected chi connectivity index (χ4v) is 5.52. The van der Waals surface area contributed by atoms with Gasteiger partial charge in [0, 0.05) is 36.7 Å². The van der Waals surface area contributed by atoms with Crippen molar-refractivity contribution in [2.24, 2.45) is 16.6 Å². The highest BCUT2D eigenvalue weighted by Crippen LogP contribution is 2.29. The molecule has 3 aromatic heterocycles. The van der Waals surface area contributed by atoms with Crippen molar-refractivity contribution in [3.05, 3.63) is 63.3 Å². The second kappa shape index (κ2) is 11.5. The van der Waals surface area contributed by atoms with Gasteiger partial charge in [-0.15, -0.1) is 11.3 Å². The van der Waals surface area contributed by atoms with Gasteiger partial charge in [-0.3, -0.25) is 19.6 Å². The van der Waals surface area contributed by atoms with Crippen LogP contribution in [0.2, 0.25) is 5.02 Å². The topological polar surface area (TPSA) is 114 Å². The van der Waals surface area contributed by atoms with Crippen LogP contribution in [-0.4, -0.2) is 40.7 Å². The summed E-state index contributed by atoms with van der Waals surface area (Å²) < 4.78 is 2.05. The highest BCUT2D eigenvalue weighted by Gasteiger charge is 2.27. The number of thiophene rings is 1. The average molecular weight is 513 g/mol. The number of carbonyl (C=O) groups is 2. The molecule has 3 heterocycles. The molecule has 0 aromatic carbocycles. The fraction of sp³-hybridized carbons (Fsp3) is 0.360. The Bertz CT molecular complexity index is 1260. The van der Waals surface area contributed by atoms with E-state index >= 15 is 0 Å². The summed E-state index contributed by atoms with van der Waals surface area (Å²) >= 11 is 7.52. The largest absolute Gasteiger partial charge is 0.403 e. The summed E-state index contributed by atoms with van der Waals surface area (Å²) in [7, 11) is 1.60. The normalized spacial score (nSPS) is 15.7. The first-order valence-corrected chi connectivity index (χ1v) is 12.8. The van der Waals surface area contributed by atoms with E-state index < -0.39 is 6.04 Å². The molecule has 0 bridgehead atoms. The van der Waals surface area contributed by atoms with Crippen LogP contribution < -0.4 is 16.4 Å². The molecule has 1 atom stereocenters. The molecule has 4 rings (SSSR count). The molecular formula is C25H29ClN6O2S. The SMILES string of the molecule is CN=C/C(=C\N)NC(=O)C(CC1CCCC1)NC(=O)c1ccc(Cn2ccc3ncc(Cl)cc32)s1. The first-order chi connectivity index (χ1) is 17.0. The minimum Gasteiger partial charge on any atom is -0.403 e. The van der Waals surface area contributed by atoms with Crippen molar-refractivity contribution in [2.45, 2.75) is 44.7 Å². The summed E-state index contributed by atoms with van der Waals surface area (Å²) in [4.78, 5) is 35.9. The summed E-state index contributed by atoms with van der Waals surface area (Å²) in [5.41, 5.74) is 7.79. The maximum absolute atomic E-state index is 13.1. The quantitative estimate of drug-likeness (QED) is 0.374. The number of hydrogen-bond acceptors (Lipinski definition) is 6. The molecule has 1 aliphatic carbocycles. The Labute approximate surface area is 213 Å². The van der Waals surface area contributed by atoms with Crippen LogP contribution >= 0.6 is 22.9 Å². The highest BCUT2D eigenvalue weighted by molar-refractivity contribution is 7.14. The molecule has 10 heteroatoms. The Balaban J connectivity index is 1.46. The van der Waals surface area contributed by atoms with Gasteiger partial charge in [0.2, 0.25) is 5.91 Å². The Morgan fingerprint density at radius 2 is 2.14 bits per heavy atom. The molecule has 1 unspecified atom stereocenters.